The number of alkyl halides is 1. The number of nitrogens with zero attached hydrogens (tertiary/aromatic N) is 2. The molecule has 0 radical (unpaired) electrons. The van der Waals surface area contributed by atoms with Crippen molar-refractivity contribution in [1.82, 2.24) is 0 Å². The summed E-state index contributed by atoms with van der Waals surface area (Å²) in [5.41, 5.74) is 1.17. The predicted molar refractivity (Wildman–Crippen MR) is 65.9 cm³/mol. The van der Waals surface area contributed by atoms with Crippen molar-refractivity contribution >= 4 is 39.1 Å². The molecule has 0 spiro atoms. The van der Waals surface area contributed by atoms with Gasteiger partial charge in [0.15, 0.2) is 0 Å². The van der Waals surface area contributed by atoms with E-state index in [1.807, 2.05) is 6.07 Å². The van der Waals surface area contributed by atoms with Gasteiger partial charge in [-0.25, -0.2) is 0 Å². The van der Waals surface area contributed by atoms with Crippen LogP contribution in [0.25, 0.3) is 0 Å². The zero-order chi connectivity index (χ0) is 11.7. The third-order valence-electron chi connectivity index (χ3n) is 2.51. The van der Waals surface area contributed by atoms with Crippen molar-refractivity contribution in [3.05, 3.63) is 28.8 Å². The molecule has 1 aromatic rings. The van der Waals surface area contributed by atoms with Gasteiger partial charge in [0.25, 0.3) is 0 Å². The van der Waals surface area contributed by atoms with Crippen LogP contribution in [0.5, 0.6) is 0 Å². The SMILES string of the molecule is N#Cc1ccc(N2CCC(Br)C2=O)c(Cl)c1. The minimum Gasteiger partial charge on any atom is -0.310 e. The summed E-state index contributed by atoms with van der Waals surface area (Å²) in [6, 6.07) is 6.96. The van der Waals surface area contributed by atoms with Gasteiger partial charge in [-0.3, -0.25) is 4.79 Å². The molecule has 1 atom stereocenters. The van der Waals surface area contributed by atoms with Crippen LogP contribution in [-0.4, -0.2) is 17.3 Å². The van der Waals surface area contributed by atoms with E-state index in [2.05, 4.69) is 15.9 Å². The topological polar surface area (TPSA) is 44.1 Å². The van der Waals surface area contributed by atoms with Gasteiger partial charge in [-0.15, -0.1) is 0 Å². The molecule has 0 saturated carbocycles. The largest absolute Gasteiger partial charge is 0.310 e. The van der Waals surface area contributed by atoms with Crippen molar-refractivity contribution in [2.45, 2.75) is 11.2 Å². The Kier molecular flexibility index (Phi) is 3.17. The zero-order valence-electron chi connectivity index (χ0n) is 8.28. The molecule has 2 rings (SSSR count). The van der Waals surface area contributed by atoms with Gasteiger partial charge < -0.3 is 4.90 Å². The van der Waals surface area contributed by atoms with Crippen molar-refractivity contribution in [2.24, 2.45) is 0 Å². The standard InChI is InChI=1S/C11H8BrClN2O/c12-8-3-4-15(11(8)16)10-2-1-7(6-14)5-9(10)13/h1-2,5,8H,3-4H2. The van der Waals surface area contributed by atoms with E-state index in [9.17, 15) is 4.79 Å². The monoisotopic (exact) mass is 298 g/mol. The molecule has 1 heterocycles. The molecule has 5 heteroatoms. The minimum atomic E-state index is -0.126. The Labute approximate surface area is 107 Å². The van der Waals surface area contributed by atoms with Crippen molar-refractivity contribution < 1.29 is 4.79 Å². The molecule has 0 bridgehead atoms. The fourth-order valence-corrected chi connectivity index (χ4v) is 2.41. The van der Waals surface area contributed by atoms with Gasteiger partial charge in [-0.1, -0.05) is 27.5 Å². The molecule has 1 aliphatic rings. The van der Waals surface area contributed by atoms with Crippen LogP contribution in [0.2, 0.25) is 5.02 Å². The Bertz CT molecular complexity index is 483. The number of carbonyl (C=O) groups is 1. The Hall–Kier alpha value is -1.05. The summed E-state index contributed by atoms with van der Waals surface area (Å²) >= 11 is 9.35. The van der Waals surface area contributed by atoms with Crippen LogP contribution in [0.15, 0.2) is 18.2 Å². The summed E-state index contributed by atoms with van der Waals surface area (Å²) in [7, 11) is 0. The summed E-state index contributed by atoms with van der Waals surface area (Å²) in [4.78, 5) is 13.3. The van der Waals surface area contributed by atoms with Crippen LogP contribution in [-0.2, 0) is 4.79 Å². The quantitative estimate of drug-likeness (QED) is 0.748. The number of nitriles is 1. The predicted octanol–water partition coefficient (Wildman–Crippen LogP) is 2.71. The lowest BCUT2D eigenvalue weighted by Gasteiger charge is -2.17. The molecule has 16 heavy (non-hydrogen) atoms. The second-order valence-corrected chi connectivity index (χ2v) is 5.04. The molecule has 1 unspecified atom stereocenters. The number of hydrogen-bond donors (Lipinski definition) is 0. The molecule has 1 amide bonds. The third-order valence-corrected chi connectivity index (χ3v) is 3.66. The van der Waals surface area contributed by atoms with Crippen LogP contribution in [0, 0.1) is 11.3 Å². The van der Waals surface area contributed by atoms with Gasteiger partial charge in [0.2, 0.25) is 5.91 Å². The van der Waals surface area contributed by atoms with Gasteiger partial charge in [-0.05, 0) is 24.6 Å². The van der Waals surface area contributed by atoms with Gasteiger partial charge >= 0.3 is 0 Å². The molecular weight excluding hydrogens is 291 g/mol. The number of amides is 1. The van der Waals surface area contributed by atoms with Crippen molar-refractivity contribution in [2.75, 3.05) is 11.4 Å². The molecule has 1 aliphatic heterocycles. The molecule has 1 saturated heterocycles. The normalized spacial score (nSPS) is 19.9. The second-order valence-electron chi connectivity index (χ2n) is 3.52. The van der Waals surface area contributed by atoms with Crippen molar-refractivity contribution in [3.8, 4) is 6.07 Å². The van der Waals surface area contributed by atoms with Crippen LogP contribution < -0.4 is 4.90 Å². The lowest BCUT2D eigenvalue weighted by Crippen LogP contribution is -2.27. The number of halogens is 2. The molecule has 3 nitrogen and oxygen atoms in total. The maximum atomic E-state index is 11.8. The van der Waals surface area contributed by atoms with Crippen molar-refractivity contribution in [1.29, 1.82) is 5.26 Å². The van der Waals surface area contributed by atoms with Gasteiger partial charge in [0.1, 0.15) is 0 Å². The summed E-state index contributed by atoms with van der Waals surface area (Å²) in [5, 5.41) is 9.15. The highest BCUT2D eigenvalue weighted by atomic mass is 79.9. The number of anilines is 1. The highest BCUT2D eigenvalue weighted by molar-refractivity contribution is 9.10. The van der Waals surface area contributed by atoms with E-state index >= 15 is 0 Å². The first-order valence-corrected chi connectivity index (χ1v) is 6.08. The van der Waals surface area contributed by atoms with E-state index in [1.165, 1.54) is 0 Å². The average molecular weight is 300 g/mol. The van der Waals surface area contributed by atoms with E-state index < -0.39 is 0 Å². The van der Waals surface area contributed by atoms with E-state index in [-0.39, 0.29) is 10.7 Å². The maximum Gasteiger partial charge on any atom is 0.240 e. The number of benzene rings is 1. The smallest absolute Gasteiger partial charge is 0.240 e. The Morgan fingerprint density at radius 1 is 1.56 bits per heavy atom. The van der Waals surface area contributed by atoms with Crippen LogP contribution in [0.4, 0.5) is 5.69 Å². The molecule has 1 aromatic carbocycles. The molecule has 82 valence electrons. The van der Waals surface area contributed by atoms with Crippen LogP contribution in [0.1, 0.15) is 12.0 Å². The molecule has 0 aliphatic carbocycles. The Morgan fingerprint density at radius 3 is 2.81 bits per heavy atom. The zero-order valence-corrected chi connectivity index (χ0v) is 10.6. The minimum absolute atomic E-state index is 0.0200. The molecule has 0 N–H and O–H groups in total. The summed E-state index contributed by atoms with van der Waals surface area (Å²) in [6.45, 7) is 0.653. The highest BCUT2D eigenvalue weighted by Crippen LogP contribution is 2.31. The van der Waals surface area contributed by atoms with Crippen LogP contribution in [0.3, 0.4) is 0 Å². The highest BCUT2D eigenvalue weighted by Gasteiger charge is 2.31. The Balaban J connectivity index is 2.35. The second kappa shape index (κ2) is 4.44. The van der Waals surface area contributed by atoms with Gasteiger partial charge in [0, 0.05) is 6.54 Å². The first kappa shape index (κ1) is 11.4. The third kappa shape index (κ3) is 1.93. The lowest BCUT2D eigenvalue weighted by molar-refractivity contribution is -0.116. The van der Waals surface area contributed by atoms with E-state index in [1.54, 1.807) is 23.1 Å². The number of rotatable bonds is 1. The first-order valence-electron chi connectivity index (χ1n) is 4.78. The Morgan fingerprint density at radius 2 is 2.31 bits per heavy atom. The number of hydrogen-bond acceptors (Lipinski definition) is 2. The maximum absolute atomic E-state index is 11.8. The molecule has 0 aromatic heterocycles. The summed E-state index contributed by atoms with van der Waals surface area (Å²) < 4.78 is 0. The fourth-order valence-electron chi connectivity index (χ4n) is 1.68. The van der Waals surface area contributed by atoms with Gasteiger partial charge in [-0.2, -0.15) is 5.26 Å². The first-order chi connectivity index (χ1) is 7.63. The summed E-state index contributed by atoms with van der Waals surface area (Å²) in [6.07, 6.45) is 0.773. The number of carbonyl (C=O) groups excluding carboxylic acids is 1. The lowest BCUT2D eigenvalue weighted by atomic mass is 10.2. The fraction of sp³-hybridized carbons (Fsp3) is 0.273. The molecule has 1 fully saturated rings. The van der Waals surface area contributed by atoms with Crippen molar-refractivity contribution in [3.63, 3.8) is 0 Å². The van der Waals surface area contributed by atoms with E-state index in [4.69, 9.17) is 16.9 Å². The van der Waals surface area contributed by atoms with Gasteiger partial charge in [0.05, 0.1) is 27.2 Å². The summed E-state index contributed by atoms with van der Waals surface area (Å²) in [5.74, 6) is 0.0200. The van der Waals surface area contributed by atoms with Crippen LogP contribution >= 0.6 is 27.5 Å². The average Bonchev–Trinajstić information content (AvgIpc) is 2.60. The van der Waals surface area contributed by atoms with E-state index in [0.29, 0.717) is 22.8 Å². The van der Waals surface area contributed by atoms with E-state index in [0.717, 1.165) is 6.42 Å². The molecular formula is C11H8BrClN2O.